The second kappa shape index (κ2) is 6.03. The number of esters is 1. The smallest absolute Gasteiger partial charge is 0.338 e. The van der Waals surface area contributed by atoms with Crippen molar-refractivity contribution in [3.63, 3.8) is 0 Å². The maximum atomic E-state index is 11.8. The first kappa shape index (κ1) is 15.2. The van der Waals surface area contributed by atoms with Crippen LogP contribution in [-0.4, -0.2) is 30.1 Å². The van der Waals surface area contributed by atoms with Crippen molar-refractivity contribution in [1.29, 1.82) is 0 Å². The lowest BCUT2D eigenvalue weighted by Gasteiger charge is -2.33. The molecule has 1 heterocycles. The van der Waals surface area contributed by atoms with Crippen molar-refractivity contribution < 1.29 is 14.6 Å². The number of carbonyl (C=O) groups excluding carboxylic acids is 1. The van der Waals surface area contributed by atoms with Crippen LogP contribution in [-0.2, 0) is 4.74 Å². The number of aliphatic hydroxyl groups is 1. The van der Waals surface area contributed by atoms with Crippen LogP contribution in [0.2, 0.25) is 0 Å². The van der Waals surface area contributed by atoms with Gasteiger partial charge in [0.1, 0.15) is 0 Å². The van der Waals surface area contributed by atoms with Crippen LogP contribution in [0.4, 0.5) is 5.69 Å². The van der Waals surface area contributed by atoms with E-state index >= 15 is 0 Å². The standard InChI is InChI=1S/C14H18N4O3/c1-3-21-13(19)11-5-4-6-12(9-11)18-8-7-10(2)14(18,20)16-17-15/h4-6,9-10,20H,3,7-8H2,1-2H3/t10-,14+/m0/s1. The molecule has 1 fully saturated rings. The minimum Gasteiger partial charge on any atom is -0.462 e. The van der Waals surface area contributed by atoms with E-state index in [0.717, 1.165) is 0 Å². The lowest BCUT2D eigenvalue weighted by Crippen LogP contribution is -2.45. The molecule has 0 radical (unpaired) electrons. The molecule has 0 amide bonds. The molecule has 1 saturated heterocycles. The molecule has 1 aliphatic rings. The van der Waals surface area contributed by atoms with E-state index in [9.17, 15) is 9.90 Å². The number of rotatable bonds is 4. The first-order valence-corrected chi connectivity index (χ1v) is 6.86. The highest BCUT2D eigenvalue weighted by Gasteiger charge is 2.44. The Morgan fingerprint density at radius 2 is 2.43 bits per heavy atom. The highest BCUT2D eigenvalue weighted by molar-refractivity contribution is 5.90. The van der Waals surface area contributed by atoms with Gasteiger partial charge in [-0.1, -0.05) is 13.0 Å². The average molecular weight is 290 g/mol. The van der Waals surface area contributed by atoms with Crippen molar-refractivity contribution >= 4 is 11.7 Å². The van der Waals surface area contributed by atoms with Gasteiger partial charge in [-0.05, 0) is 42.2 Å². The van der Waals surface area contributed by atoms with Gasteiger partial charge in [-0.3, -0.25) is 0 Å². The van der Waals surface area contributed by atoms with Crippen molar-refractivity contribution in [1.82, 2.24) is 0 Å². The molecular weight excluding hydrogens is 272 g/mol. The summed E-state index contributed by atoms with van der Waals surface area (Å²) in [5, 5.41) is 14.1. The van der Waals surface area contributed by atoms with Gasteiger partial charge in [0, 0.05) is 23.1 Å². The van der Waals surface area contributed by atoms with Gasteiger partial charge in [-0.25, -0.2) is 4.79 Å². The first-order valence-electron chi connectivity index (χ1n) is 6.86. The molecule has 7 heteroatoms. The van der Waals surface area contributed by atoms with E-state index in [-0.39, 0.29) is 5.92 Å². The minimum absolute atomic E-state index is 0.195. The van der Waals surface area contributed by atoms with Crippen molar-refractivity contribution in [2.24, 2.45) is 11.0 Å². The fourth-order valence-corrected chi connectivity index (χ4v) is 2.50. The second-order valence-corrected chi connectivity index (χ2v) is 4.99. The molecule has 0 aromatic heterocycles. The number of hydrogen-bond donors (Lipinski definition) is 1. The van der Waals surface area contributed by atoms with Gasteiger partial charge >= 0.3 is 5.97 Å². The van der Waals surface area contributed by atoms with Gasteiger partial charge in [-0.15, -0.1) is 0 Å². The van der Waals surface area contributed by atoms with E-state index in [1.54, 1.807) is 36.1 Å². The highest BCUT2D eigenvalue weighted by Crippen LogP contribution is 2.38. The number of ether oxygens (including phenoxy) is 1. The van der Waals surface area contributed by atoms with Crippen LogP contribution in [0, 0.1) is 5.92 Å². The van der Waals surface area contributed by atoms with Crippen LogP contribution in [0.1, 0.15) is 30.6 Å². The van der Waals surface area contributed by atoms with Gasteiger partial charge in [0.25, 0.3) is 0 Å². The summed E-state index contributed by atoms with van der Waals surface area (Å²) in [6.45, 7) is 4.41. The maximum Gasteiger partial charge on any atom is 0.338 e. The Morgan fingerprint density at radius 1 is 1.67 bits per heavy atom. The molecule has 1 aromatic carbocycles. The van der Waals surface area contributed by atoms with Crippen LogP contribution < -0.4 is 4.90 Å². The predicted molar refractivity (Wildman–Crippen MR) is 77.6 cm³/mol. The monoisotopic (exact) mass is 290 g/mol. The zero-order valence-corrected chi connectivity index (χ0v) is 12.1. The molecule has 2 rings (SSSR count). The number of azide groups is 1. The van der Waals surface area contributed by atoms with Crippen molar-refractivity contribution in [2.45, 2.75) is 26.1 Å². The van der Waals surface area contributed by atoms with E-state index in [0.29, 0.717) is 30.8 Å². The molecule has 0 aliphatic carbocycles. The van der Waals surface area contributed by atoms with Crippen LogP contribution >= 0.6 is 0 Å². The molecule has 0 saturated carbocycles. The van der Waals surface area contributed by atoms with Crippen LogP contribution in [0.15, 0.2) is 29.4 Å². The third-order valence-corrected chi connectivity index (χ3v) is 3.70. The SMILES string of the molecule is CCOC(=O)c1cccc(N2CC[C@H](C)[C@@]2(O)N=[N+]=[N-])c1. The summed E-state index contributed by atoms with van der Waals surface area (Å²) in [7, 11) is 0. The molecule has 1 aliphatic heterocycles. The van der Waals surface area contributed by atoms with Crippen molar-refractivity contribution in [3.05, 3.63) is 40.3 Å². The first-order chi connectivity index (χ1) is 10.0. The number of anilines is 1. The zero-order valence-electron chi connectivity index (χ0n) is 12.1. The molecule has 7 nitrogen and oxygen atoms in total. The fourth-order valence-electron chi connectivity index (χ4n) is 2.50. The van der Waals surface area contributed by atoms with E-state index in [1.165, 1.54) is 0 Å². The lowest BCUT2D eigenvalue weighted by atomic mass is 10.1. The predicted octanol–water partition coefficient (Wildman–Crippen LogP) is 2.67. The molecule has 1 N–H and O–H groups in total. The number of benzene rings is 1. The molecule has 0 unspecified atom stereocenters. The maximum absolute atomic E-state index is 11.8. The zero-order chi connectivity index (χ0) is 15.5. The summed E-state index contributed by atoms with van der Waals surface area (Å²) in [5.41, 5.74) is 9.71. The van der Waals surface area contributed by atoms with Gasteiger partial charge in [0.05, 0.1) is 12.2 Å². The van der Waals surface area contributed by atoms with E-state index in [1.807, 2.05) is 6.92 Å². The summed E-state index contributed by atoms with van der Waals surface area (Å²) in [6.07, 6.45) is 0.694. The topological polar surface area (TPSA) is 98.5 Å². The van der Waals surface area contributed by atoms with Gasteiger partial charge in [0.15, 0.2) is 0 Å². The lowest BCUT2D eigenvalue weighted by molar-refractivity contribution is 0.0189. The Kier molecular flexibility index (Phi) is 4.35. The number of hydrogen-bond acceptors (Lipinski definition) is 5. The van der Waals surface area contributed by atoms with Crippen molar-refractivity contribution in [2.75, 3.05) is 18.1 Å². The summed E-state index contributed by atoms with van der Waals surface area (Å²) in [4.78, 5) is 16.1. The molecule has 0 bridgehead atoms. The fraction of sp³-hybridized carbons (Fsp3) is 0.500. The highest BCUT2D eigenvalue weighted by atomic mass is 16.5. The van der Waals surface area contributed by atoms with Gasteiger partial charge in [0.2, 0.25) is 5.85 Å². The van der Waals surface area contributed by atoms with E-state index in [4.69, 9.17) is 10.3 Å². The van der Waals surface area contributed by atoms with Crippen LogP contribution in [0.3, 0.4) is 0 Å². The van der Waals surface area contributed by atoms with Crippen LogP contribution in [0.25, 0.3) is 10.4 Å². The normalized spacial score (nSPS) is 24.5. The molecule has 21 heavy (non-hydrogen) atoms. The van der Waals surface area contributed by atoms with Crippen molar-refractivity contribution in [3.8, 4) is 0 Å². The summed E-state index contributed by atoms with van der Waals surface area (Å²) in [6, 6.07) is 6.75. The molecule has 2 atom stereocenters. The third kappa shape index (κ3) is 2.79. The molecular formula is C14H18N4O3. The summed E-state index contributed by atoms with van der Waals surface area (Å²) >= 11 is 0. The second-order valence-electron chi connectivity index (χ2n) is 4.99. The van der Waals surface area contributed by atoms with E-state index < -0.39 is 11.8 Å². The quantitative estimate of drug-likeness (QED) is 0.399. The Bertz CT molecular complexity index is 585. The Morgan fingerprint density at radius 3 is 3.10 bits per heavy atom. The average Bonchev–Trinajstić information content (AvgIpc) is 2.76. The Hall–Kier alpha value is -2.24. The molecule has 1 aromatic rings. The van der Waals surface area contributed by atoms with Gasteiger partial charge < -0.3 is 14.7 Å². The summed E-state index contributed by atoms with van der Waals surface area (Å²) in [5.74, 6) is -2.22. The third-order valence-electron chi connectivity index (χ3n) is 3.70. The Labute approximate surface area is 122 Å². The largest absolute Gasteiger partial charge is 0.462 e. The minimum atomic E-state index is -1.61. The molecule has 0 spiro atoms. The van der Waals surface area contributed by atoms with Gasteiger partial charge in [-0.2, -0.15) is 0 Å². The van der Waals surface area contributed by atoms with E-state index in [2.05, 4.69) is 10.0 Å². The molecule has 112 valence electrons. The number of nitrogens with zero attached hydrogens (tertiary/aromatic N) is 4. The number of carbonyl (C=O) groups is 1. The van der Waals surface area contributed by atoms with Crippen LogP contribution in [0.5, 0.6) is 0 Å². The summed E-state index contributed by atoms with van der Waals surface area (Å²) < 4.78 is 4.96. The Balaban J connectivity index is 2.35.